The third-order valence-electron chi connectivity index (χ3n) is 2.77. The first-order valence-electron chi connectivity index (χ1n) is 6.20. The van der Waals surface area contributed by atoms with Crippen LogP contribution in [0, 0.1) is 5.92 Å². The van der Waals surface area contributed by atoms with Crippen LogP contribution in [-0.2, 0) is 19.6 Å². The molecule has 1 aromatic rings. The molecule has 0 aliphatic heterocycles. The van der Waals surface area contributed by atoms with E-state index in [1.165, 1.54) is 24.3 Å². The van der Waals surface area contributed by atoms with Gasteiger partial charge in [-0.15, -0.1) is 0 Å². The number of carbonyl (C=O) groups excluding carboxylic acids is 2. The Morgan fingerprint density at radius 2 is 1.75 bits per heavy atom. The Morgan fingerprint density at radius 1 is 1.20 bits per heavy atom. The van der Waals surface area contributed by atoms with E-state index < -0.39 is 15.9 Å². The number of nitrogens with one attached hydrogen (secondary N) is 2. The van der Waals surface area contributed by atoms with Crippen LogP contribution in [-0.4, -0.2) is 20.2 Å². The number of amides is 2. The van der Waals surface area contributed by atoms with Gasteiger partial charge in [0.05, 0.1) is 4.90 Å². The molecule has 1 rings (SSSR count). The van der Waals surface area contributed by atoms with Gasteiger partial charge in [-0.25, -0.2) is 13.1 Å². The number of benzene rings is 1. The maximum atomic E-state index is 11.7. The van der Waals surface area contributed by atoms with Gasteiger partial charge in [0, 0.05) is 18.5 Å². The molecular formula is C13H18N2O4S. The van der Waals surface area contributed by atoms with Crippen molar-refractivity contribution in [2.45, 2.75) is 32.1 Å². The molecule has 1 atom stereocenters. The van der Waals surface area contributed by atoms with E-state index in [2.05, 4.69) is 5.32 Å². The van der Waals surface area contributed by atoms with Crippen molar-refractivity contribution in [2.75, 3.05) is 5.32 Å². The topological polar surface area (TPSA) is 92.3 Å². The van der Waals surface area contributed by atoms with E-state index in [9.17, 15) is 18.0 Å². The highest BCUT2D eigenvalue weighted by atomic mass is 32.2. The fourth-order valence-corrected chi connectivity index (χ4v) is 2.41. The Bertz CT molecular complexity index is 593. The molecular weight excluding hydrogens is 280 g/mol. The Balaban J connectivity index is 2.84. The van der Waals surface area contributed by atoms with Crippen molar-refractivity contribution in [3.05, 3.63) is 24.3 Å². The summed E-state index contributed by atoms with van der Waals surface area (Å²) >= 11 is 0. The number of rotatable bonds is 5. The number of sulfonamides is 1. The largest absolute Gasteiger partial charge is 0.326 e. The second-order valence-electron chi connectivity index (χ2n) is 4.48. The Hall–Kier alpha value is -1.89. The molecule has 0 saturated carbocycles. The monoisotopic (exact) mass is 298 g/mol. The second kappa shape index (κ2) is 6.51. The van der Waals surface area contributed by atoms with Crippen molar-refractivity contribution in [3.63, 3.8) is 0 Å². The molecule has 20 heavy (non-hydrogen) atoms. The highest BCUT2D eigenvalue weighted by molar-refractivity contribution is 7.90. The van der Waals surface area contributed by atoms with E-state index in [1.54, 1.807) is 0 Å². The molecule has 7 heteroatoms. The molecule has 0 bridgehead atoms. The summed E-state index contributed by atoms with van der Waals surface area (Å²) in [7, 11) is -3.84. The van der Waals surface area contributed by atoms with Crippen LogP contribution in [0.2, 0.25) is 0 Å². The van der Waals surface area contributed by atoms with Crippen LogP contribution in [0.25, 0.3) is 0 Å². The van der Waals surface area contributed by atoms with Crippen LogP contribution in [0.15, 0.2) is 29.2 Å². The lowest BCUT2D eigenvalue weighted by Gasteiger charge is -2.10. The Labute approximate surface area is 118 Å². The van der Waals surface area contributed by atoms with Crippen molar-refractivity contribution in [3.8, 4) is 0 Å². The normalized spacial score (nSPS) is 12.6. The third-order valence-corrected chi connectivity index (χ3v) is 4.22. The van der Waals surface area contributed by atoms with Gasteiger partial charge in [0.25, 0.3) is 10.0 Å². The number of anilines is 1. The summed E-state index contributed by atoms with van der Waals surface area (Å²) in [6.07, 6.45) is 0.723. The Morgan fingerprint density at radius 3 is 2.20 bits per heavy atom. The molecule has 0 heterocycles. The summed E-state index contributed by atoms with van der Waals surface area (Å²) in [6, 6.07) is 5.62. The molecule has 0 fully saturated rings. The molecule has 0 saturated heterocycles. The lowest BCUT2D eigenvalue weighted by atomic mass is 10.1. The summed E-state index contributed by atoms with van der Waals surface area (Å²) in [5, 5.41) is 2.69. The average molecular weight is 298 g/mol. The van der Waals surface area contributed by atoms with Crippen LogP contribution < -0.4 is 10.0 Å². The standard InChI is InChI=1S/C13H18N2O4S/c1-4-9(2)13(17)14-11-5-7-12(8-6-11)20(18,19)15-10(3)16/h5-9H,4H2,1-3H3,(H,14,17)(H,15,16)/t9-/m0/s1. The highest BCUT2D eigenvalue weighted by Crippen LogP contribution is 2.15. The first-order chi connectivity index (χ1) is 9.26. The van der Waals surface area contributed by atoms with Crippen molar-refractivity contribution in [2.24, 2.45) is 5.92 Å². The van der Waals surface area contributed by atoms with Gasteiger partial charge >= 0.3 is 0 Å². The molecule has 0 unspecified atom stereocenters. The van der Waals surface area contributed by atoms with E-state index in [0.29, 0.717) is 5.69 Å². The van der Waals surface area contributed by atoms with Gasteiger partial charge in [0.2, 0.25) is 11.8 Å². The molecule has 0 aliphatic carbocycles. The zero-order chi connectivity index (χ0) is 15.3. The van der Waals surface area contributed by atoms with E-state index in [0.717, 1.165) is 13.3 Å². The Kier molecular flexibility index (Phi) is 5.26. The number of hydrogen-bond donors (Lipinski definition) is 2. The summed E-state index contributed by atoms with van der Waals surface area (Å²) in [4.78, 5) is 22.5. The SMILES string of the molecule is CC[C@H](C)C(=O)Nc1ccc(S(=O)(=O)NC(C)=O)cc1. The molecule has 1 aromatic carbocycles. The summed E-state index contributed by atoms with van der Waals surface area (Å²) in [5.74, 6) is -0.887. The van der Waals surface area contributed by atoms with Crippen molar-refractivity contribution >= 4 is 27.5 Å². The van der Waals surface area contributed by atoms with Gasteiger partial charge < -0.3 is 5.32 Å². The second-order valence-corrected chi connectivity index (χ2v) is 6.17. The van der Waals surface area contributed by atoms with Crippen LogP contribution in [0.5, 0.6) is 0 Å². The molecule has 6 nitrogen and oxygen atoms in total. The number of hydrogen-bond acceptors (Lipinski definition) is 4. The van der Waals surface area contributed by atoms with Crippen molar-refractivity contribution in [1.29, 1.82) is 0 Å². The molecule has 0 spiro atoms. The van der Waals surface area contributed by atoms with E-state index in [1.807, 2.05) is 18.6 Å². The fraction of sp³-hybridized carbons (Fsp3) is 0.385. The quantitative estimate of drug-likeness (QED) is 0.861. The maximum Gasteiger partial charge on any atom is 0.264 e. The van der Waals surface area contributed by atoms with Gasteiger partial charge in [-0.1, -0.05) is 13.8 Å². The van der Waals surface area contributed by atoms with Crippen LogP contribution in [0.1, 0.15) is 27.2 Å². The fourth-order valence-electron chi connectivity index (χ4n) is 1.42. The third kappa shape index (κ3) is 4.34. The van der Waals surface area contributed by atoms with E-state index in [-0.39, 0.29) is 16.7 Å². The van der Waals surface area contributed by atoms with Crippen LogP contribution in [0.4, 0.5) is 5.69 Å². The highest BCUT2D eigenvalue weighted by Gasteiger charge is 2.16. The number of carbonyl (C=O) groups is 2. The van der Waals surface area contributed by atoms with Gasteiger partial charge in [-0.2, -0.15) is 0 Å². The maximum absolute atomic E-state index is 11.7. The molecule has 2 amide bonds. The molecule has 0 aliphatic rings. The van der Waals surface area contributed by atoms with Gasteiger partial charge in [-0.05, 0) is 30.7 Å². The molecule has 0 aromatic heterocycles. The lowest BCUT2D eigenvalue weighted by molar-refractivity contribution is -0.119. The molecule has 110 valence electrons. The molecule has 0 radical (unpaired) electrons. The lowest BCUT2D eigenvalue weighted by Crippen LogP contribution is -2.28. The van der Waals surface area contributed by atoms with Crippen molar-refractivity contribution < 1.29 is 18.0 Å². The summed E-state index contributed by atoms with van der Waals surface area (Å²) in [5.41, 5.74) is 0.511. The zero-order valence-electron chi connectivity index (χ0n) is 11.6. The van der Waals surface area contributed by atoms with Crippen LogP contribution in [0.3, 0.4) is 0 Å². The average Bonchev–Trinajstić information content (AvgIpc) is 2.36. The van der Waals surface area contributed by atoms with Crippen molar-refractivity contribution in [1.82, 2.24) is 4.72 Å². The smallest absolute Gasteiger partial charge is 0.264 e. The minimum Gasteiger partial charge on any atom is -0.326 e. The minimum absolute atomic E-state index is 0.0331. The summed E-state index contributed by atoms with van der Waals surface area (Å²) < 4.78 is 25.3. The zero-order valence-corrected chi connectivity index (χ0v) is 12.5. The molecule has 2 N–H and O–H groups in total. The first kappa shape index (κ1) is 16.2. The van der Waals surface area contributed by atoms with E-state index >= 15 is 0 Å². The first-order valence-corrected chi connectivity index (χ1v) is 7.69. The van der Waals surface area contributed by atoms with Gasteiger partial charge in [-0.3, -0.25) is 9.59 Å². The predicted octanol–water partition coefficient (Wildman–Crippen LogP) is 1.50. The van der Waals surface area contributed by atoms with Gasteiger partial charge in [0.15, 0.2) is 0 Å². The summed E-state index contributed by atoms with van der Waals surface area (Å²) in [6.45, 7) is 4.84. The van der Waals surface area contributed by atoms with E-state index in [4.69, 9.17) is 0 Å². The van der Waals surface area contributed by atoms with Crippen LogP contribution >= 0.6 is 0 Å². The predicted molar refractivity (Wildman–Crippen MR) is 75.5 cm³/mol. The van der Waals surface area contributed by atoms with Gasteiger partial charge in [0.1, 0.15) is 0 Å². The minimum atomic E-state index is -3.84.